The molecule has 186 valence electrons. The molecule has 6 nitrogen and oxygen atoms in total. The lowest BCUT2D eigenvalue weighted by Crippen LogP contribution is -2.29. The first kappa shape index (κ1) is 25.3. The fraction of sp³-hybridized carbons (Fsp3) is 0.214. The van der Waals surface area contributed by atoms with Gasteiger partial charge >= 0.3 is 0 Å². The Morgan fingerprint density at radius 2 is 1.78 bits per heavy atom. The molecule has 1 amide bonds. The highest BCUT2D eigenvalue weighted by molar-refractivity contribution is 6.46. The number of nitrogens with zero attached hydrogens (tertiary/aromatic N) is 1. The Bertz CT molecular complexity index is 1370. The highest BCUT2D eigenvalue weighted by Gasteiger charge is 2.46. The fourth-order valence-electron chi connectivity index (χ4n) is 4.36. The minimum absolute atomic E-state index is 0.00927. The van der Waals surface area contributed by atoms with E-state index in [-0.39, 0.29) is 34.6 Å². The normalized spacial score (nSPS) is 17.2. The molecule has 3 aromatic carbocycles. The van der Waals surface area contributed by atoms with Gasteiger partial charge in [-0.3, -0.25) is 9.59 Å². The third kappa shape index (κ3) is 4.66. The number of aromatic hydroxyl groups is 1. The SMILES string of the molecule is COc1ccc(/C(O)=C2/C(=O)C(=O)N(Cc3ccc(F)cc3)C2c2ccc(O)c(Cl)c2)cc1C(C)C. The molecule has 1 fully saturated rings. The lowest BCUT2D eigenvalue weighted by Gasteiger charge is -2.26. The number of hydrogen-bond donors (Lipinski definition) is 2. The number of aliphatic hydroxyl groups is 1. The van der Waals surface area contributed by atoms with Crippen molar-refractivity contribution in [2.45, 2.75) is 32.4 Å². The summed E-state index contributed by atoms with van der Waals surface area (Å²) in [5.41, 5.74) is 2.10. The second kappa shape index (κ2) is 10.0. The molecule has 8 heteroatoms. The smallest absolute Gasteiger partial charge is 0.295 e. The molecule has 1 heterocycles. The van der Waals surface area contributed by atoms with Crippen LogP contribution in [0.15, 0.2) is 66.2 Å². The van der Waals surface area contributed by atoms with Crippen LogP contribution in [0.2, 0.25) is 5.02 Å². The van der Waals surface area contributed by atoms with E-state index in [9.17, 15) is 24.2 Å². The molecule has 1 saturated heterocycles. The third-order valence-electron chi connectivity index (χ3n) is 6.22. The Kier molecular flexibility index (Phi) is 7.04. The summed E-state index contributed by atoms with van der Waals surface area (Å²) in [6, 6.07) is 14.0. The van der Waals surface area contributed by atoms with E-state index >= 15 is 0 Å². The van der Waals surface area contributed by atoms with Crippen molar-refractivity contribution in [3.63, 3.8) is 0 Å². The molecule has 1 aliphatic heterocycles. The van der Waals surface area contributed by atoms with Gasteiger partial charge in [-0.05, 0) is 65.1 Å². The predicted octanol–water partition coefficient (Wildman–Crippen LogP) is 5.94. The van der Waals surface area contributed by atoms with Crippen LogP contribution in [0.1, 0.15) is 48.1 Å². The maximum atomic E-state index is 13.4. The first-order valence-electron chi connectivity index (χ1n) is 11.3. The van der Waals surface area contributed by atoms with E-state index in [0.29, 0.717) is 22.4 Å². The van der Waals surface area contributed by atoms with E-state index in [4.69, 9.17) is 16.3 Å². The monoisotopic (exact) mass is 509 g/mol. The number of phenolic OH excluding ortho intramolecular Hbond substituents is 1. The number of methoxy groups -OCH3 is 1. The molecule has 1 unspecified atom stereocenters. The van der Waals surface area contributed by atoms with Crippen molar-refractivity contribution < 1.29 is 28.9 Å². The summed E-state index contributed by atoms with van der Waals surface area (Å²) >= 11 is 6.15. The van der Waals surface area contributed by atoms with Crippen molar-refractivity contribution >= 4 is 29.1 Å². The van der Waals surface area contributed by atoms with E-state index in [0.717, 1.165) is 5.56 Å². The van der Waals surface area contributed by atoms with Gasteiger partial charge in [0.2, 0.25) is 0 Å². The van der Waals surface area contributed by atoms with Crippen LogP contribution < -0.4 is 4.74 Å². The number of aliphatic hydroxyl groups excluding tert-OH is 1. The van der Waals surface area contributed by atoms with E-state index in [1.807, 2.05) is 13.8 Å². The molecule has 3 aromatic rings. The average Bonchev–Trinajstić information content (AvgIpc) is 3.11. The van der Waals surface area contributed by atoms with Crippen molar-refractivity contribution in [3.05, 3.63) is 99.3 Å². The number of halogens is 2. The van der Waals surface area contributed by atoms with Gasteiger partial charge in [0.15, 0.2) is 0 Å². The highest BCUT2D eigenvalue weighted by atomic mass is 35.5. The van der Waals surface area contributed by atoms with Gasteiger partial charge in [0.25, 0.3) is 11.7 Å². The van der Waals surface area contributed by atoms with Crippen LogP contribution >= 0.6 is 11.6 Å². The number of benzene rings is 3. The maximum Gasteiger partial charge on any atom is 0.295 e. The molecule has 2 N–H and O–H groups in total. The summed E-state index contributed by atoms with van der Waals surface area (Å²) in [4.78, 5) is 27.8. The summed E-state index contributed by atoms with van der Waals surface area (Å²) in [6.45, 7) is 3.94. The molecule has 4 rings (SSSR count). The lowest BCUT2D eigenvalue weighted by atomic mass is 9.93. The summed E-state index contributed by atoms with van der Waals surface area (Å²) in [7, 11) is 1.55. The summed E-state index contributed by atoms with van der Waals surface area (Å²) < 4.78 is 18.9. The number of hydrogen-bond acceptors (Lipinski definition) is 5. The number of amides is 1. The van der Waals surface area contributed by atoms with Crippen LogP contribution in [0.5, 0.6) is 11.5 Å². The molecule has 0 saturated carbocycles. The Hall–Kier alpha value is -3.84. The number of ether oxygens (including phenoxy) is 1. The number of phenols is 1. The Balaban J connectivity index is 1.89. The van der Waals surface area contributed by atoms with Crippen LogP contribution in [0.4, 0.5) is 4.39 Å². The second-order valence-corrected chi connectivity index (χ2v) is 9.28. The van der Waals surface area contributed by atoms with Gasteiger partial charge in [-0.15, -0.1) is 0 Å². The van der Waals surface area contributed by atoms with Crippen molar-refractivity contribution in [1.29, 1.82) is 0 Å². The van der Waals surface area contributed by atoms with Crippen LogP contribution in [0.3, 0.4) is 0 Å². The number of rotatable bonds is 6. The number of carbonyl (C=O) groups excluding carboxylic acids is 2. The average molecular weight is 510 g/mol. The molecule has 36 heavy (non-hydrogen) atoms. The van der Waals surface area contributed by atoms with Crippen LogP contribution in [0, 0.1) is 5.82 Å². The van der Waals surface area contributed by atoms with Gasteiger partial charge in [0, 0.05) is 12.1 Å². The lowest BCUT2D eigenvalue weighted by molar-refractivity contribution is -0.140. The van der Waals surface area contributed by atoms with Crippen LogP contribution in [-0.2, 0) is 16.1 Å². The summed E-state index contributed by atoms with van der Waals surface area (Å²) in [6.07, 6.45) is 0. The third-order valence-corrected chi connectivity index (χ3v) is 6.52. The minimum atomic E-state index is -0.988. The van der Waals surface area contributed by atoms with Gasteiger partial charge in [-0.1, -0.05) is 43.6 Å². The van der Waals surface area contributed by atoms with Crippen molar-refractivity contribution in [2.75, 3.05) is 7.11 Å². The van der Waals surface area contributed by atoms with Crippen LogP contribution in [-0.4, -0.2) is 33.9 Å². The quantitative estimate of drug-likeness (QED) is 0.244. The van der Waals surface area contributed by atoms with Crippen molar-refractivity contribution in [1.82, 2.24) is 4.90 Å². The molecule has 0 aromatic heterocycles. The zero-order chi connectivity index (χ0) is 26.1. The van der Waals surface area contributed by atoms with E-state index in [1.165, 1.54) is 47.4 Å². The predicted molar refractivity (Wildman–Crippen MR) is 134 cm³/mol. The molecule has 0 radical (unpaired) electrons. The molecule has 1 atom stereocenters. The minimum Gasteiger partial charge on any atom is -0.507 e. The van der Waals surface area contributed by atoms with Crippen molar-refractivity contribution in [3.8, 4) is 11.5 Å². The second-order valence-electron chi connectivity index (χ2n) is 8.88. The molecule has 0 aliphatic carbocycles. The zero-order valence-electron chi connectivity index (χ0n) is 20.0. The van der Waals surface area contributed by atoms with Crippen molar-refractivity contribution in [2.24, 2.45) is 0 Å². The summed E-state index contributed by atoms with van der Waals surface area (Å²) in [5, 5.41) is 21.3. The van der Waals surface area contributed by atoms with Crippen LogP contribution in [0.25, 0.3) is 5.76 Å². The molecular weight excluding hydrogens is 485 g/mol. The maximum absolute atomic E-state index is 13.4. The van der Waals surface area contributed by atoms with E-state index in [2.05, 4.69) is 0 Å². The van der Waals surface area contributed by atoms with E-state index < -0.39 is 23.5 Å². The summed E-state index contributed by atoms with van der Waals surface area (Å²) in [5.74, 6) is -1.89. The van der Waals surface area contributed by atoms with Gasteiger partial charge in [-0.25, -0.2) is 4.39 Å². The molecule has 0 bridgehead atoms. The fourth-order valence-corrected chi connectivity index (χ4v) is 4.55. The van der Waals surface area contributed by atoms with Gasteiger partial charge < -0.3 is 19.8 Å². The Morgan fingerprint density at radius 1 is 1.08 bits per heavy atom. The standard InChI is InChI=1S/C28H25ClFNO5/c1-15(2)20-12-18(7-11-23(20)36-3)26(33)24-25(17-6-10-22(32)21(29)13-17)31(28(35)27(24)34)14-16-4-8-19(30)9-5-16/h4-13,15,25,32-33H,14H2,1-3H3/b26-24-. The Morgan fingerprint density at radius 3 is 2.39 bits per heavy atom. The van der Waals surface area contributed by atoms with Gasteiger partial charge in [0.05, 0.1) is 23.7 Å². The molecular formula is C28H25ClFNO5. The number of likely N-dealkylation sites (tertiary alicyclic amines) is 1. The topological polar surface area (TPSA) is 87.1 Å². The first-order chi connectivity index (χ1) is 17.1. The zero-order valence-corrected chi connectivity index (χ0v) is 20.7. The van der Waals surface area contributed by atoms with Gasteiger partial charge in [-0.2, -0.15) is 0 Å². The molecule has 1 aliphatic rings. The largest absolute Gasteiger partial charge is 0.507 e. The number of Topliss-reactive ketones (excluding diaryl/α,β-unsaturated/α-hetero) is 1. The Labute approximate surface area is 213 Å². The van der Waals surface area contributed by atoms with Gasteiger partial charge in [0.1, 0.15) is 23.1 Å². The highest BCUT2D eigenvalue weighted by Crippen LogP contribution is 2.42. The molecule has 0 spiro atoms. The van der Waals surface area contributed by atoms with E-state index in [1.54, 1.807) is 25.3 Å². The number of carbonyl (C=O) groups is 2. The first-order valence-corrected chi connectivity index (χ1v) is 11.7. The number of ketones is 1.